The van der Waals surface area contributed by atoms with E-state index in [4.69, 9.17) is 0 Å². The van der Waals surface area contributed by atoms with E-state index < -0.39 is 0 Å². The zero-order chi connectivity index (χ0) is 33.8. The van der Waals surface area contributed by atoms with Crippen LogP contribution in [-0.4, -0.2) is 23.6 Å². The van der Waals surface area contributed by atoms with Gasteiger partial charge in [-0.2, -0.15) is 0 Å². The van der Waals surface area contributed by atoms with Gasteiger partial charge in [-0.25, -0.2) is 0 Å². The molecule has 4 aromatic rings. The number of benzene rings is 4. The van der Waals surface area contributed by atoms with Crippen molar-refractivity contribution in [1.82, 2.24) is 0 Å². The van der Waals surface area contributed by atoms with E-state index in [1.807, 2.05) is 60.7 Å². The number of anilines is 4. The predicted molar refractivity (Wildman–Crippen MR) is 194 cm³/mol. The fourth-order valence-corrected chi connectivity index (χ4v) is 5.25. The van der Waals surface area contributed by atoms with Gasteiger partial charge in [-0.05, 0) is 85.3 Å². The Hall–Kier alpha value is -5.24. The van der Waals surface area contributed by atoms with Crippen molar-refractivity contribution in [3.8, 4) is 0 Å². The third-order valence-corrected chi connectivity index (χ3v) is 7.93. The molecule has 8 heteroatoms. The van der Waals surface area contributed by atoms with Gasteiger partial charge in [0.2, 0.25) is 23.6 Å². The Morgan fingerprint density at radius 3 is 0.917 bits per heavy atom. The van der Waals surface area contributed by atoms with Crippen LogP contribution in [0.15, 0.2) is 109 Å². The van der Waals surface area contributed by atoms with E-state index in [0.717, 1.165) is 49.7 Å². The van der Waals surface area contributed by atoms with Crippen molar-refractivity contribution < 1.29 is 19.2 Å². The minimum absolute atomic E-state index is 0.0233. The van der Waals surface area contributed by atoms with Gasteiger partial charge < -0.3 is 21.3 Å². The number of amides is 4. The van der Waals surface area contributed by atoms with Crippen LogP contribution in [0.3, 0.4) is 0 Å². The summed E-state index contributed by atoms with van der Waals surface area (Å²) >= 11 is 0. The maximum absolute atomic E-state index is 12.4. The summed E-state index contributed by atoms with van der Waals surface area (Å²) < 4.78 is 0. The number of carbonyl (C=O) groups is 4. The number of hydrogen-bond acceptors (Lipinski definition) is 4. The molecule has 0 saturated carbocycles. The Balaban J connectivity index is 0.990. The SMILES string of the molecule is O=C(CCCCCCCCC(=O)Nc1ccc(NC(=O)CCc2ccccc2)cc1)Nc1ccc(NC(=O)CCc2ccccc2)cc1. The zero-order valence-electron chi connectivity index (χ0n) is 27.5. The minimum atomic E-state index is -0.0423. The molecule has 0 bridgehead atoms. The first-order chi connectivity index (χ1) is 23.4. The second kappa shape index (κ2) is 20.1. The minimum Gasteiger partial charge on any atom is -0.326 e. The quantitative estimate of drug-likeness (QED) is 0.0764. The van der Waals surface area contributed by atoms with Crippen molar-refractivity contribution in [2.24, 2.45) is 0 Å². The Bertz CT molecular complexity index is 1450. The number of aryl methyl sites for hydroxylation is 2. The van der Waals surface area contributed by atoms with Crippen molar-refractivity contribution in [1.29, 1.82) is 0 Å². The summed E-state index contributed by atoms with van der Waals surface area (Å²) in [4.78, 5) is 49.2. The lowest BCUT2D eigenvalue weighted by atomic mass is 10.1. The predicted octanol–water partition coefficient (Wildman–Crippen LogP) is 8.53. The van der Waals surface area contributed by atoms with Crippen molar-refractivity contribution in [2.75, 3.05) is 21.3 Å². The van der Waals surface area contributed by atoms with Gasteiger partial charge in [-0.3, -0.25) is 19.2 Å². The Labute approximate surface area is 283 Å². The second-order valence-corrected chi connectivity index (χ2v) is 11.9. The molecule has 0 aliphatic rings. The van der Waals surface area contributed by atoms with E-state index >= 15 is 0 Å². The van der Waals surface area contributed by atoms with Gasteiger partial charge in [0.05, 0.1) is 0 Å². The van der Waals surface area contributed by atoms with Crippen molar-refractivity contribution >= 4 is 46.4 Å². The van der Waals surface area contributed by atoms with Crippen molar-refractivity contribution in [3.63, 3.8) is 0 Å². The van der Waals surface area contributed by atoms with Crippen LogP contribution in [0, 0.1) is 0 Å². The fraction of sp³-hybridized carbons (Fsp3) is 0.300. The lowest BCUT2D eigenvalue weighted by molar-refractivity contribution is -0.117. The van der Waals surface area contributed by atoms with Crippen LogP contribution in [0.25, 0.3) is 0 Å². The molecule has 0 spiro atoms. The molecule has 0 unspecified atom stereocenters. The van der Waals surface area contributed by atoms with E-state index in [-0.39, 0.29) is 23.6 Å². The average molecular weight is 647 g/mol. The maximum Gasteiger partial charge on any atom is 0.224 e. The highest BCUT2D eigenvalue weighted by Gasteiger charge is 2.07. The van der Waals surface area contributed by atoms with Gasteiger partial charge in [0.1, 0.15) is 0 Å². The molecule has 0 saturated heterocycles. The number of nitrogens with one attached hydrogen (secondary N) is 4. The molecule has 48 heavy (non-hydrogen) atoms. The first-order valence-corrected chi connectivity index (χ1v) is 16.9. The normalized spacial score (nSPS) is 10.6. The smallest absolute Gasteiger partial charge is 0.224 e. The molecule has 8 nitrogen and oxygen atoms in total. The number of carbonyl (C=O) groups excluding carboxylic acids is 4. The molecule has 4 N–H and O–H groups in total. The van der Waals surface area contributed by atoms with Crippen LogP contribution < -0.4 is 21.3 Å². The highest BCUT2D eigenvalue weighted by molar-refractivity contribution is 5.94. The van der Waals surface area contributed by atoms with Gasteiger partial charge in [0.15, 0.2) is 0 Å². The highest BCUT2D eigenvalue weighted by atomic mass is 16.2. The van der Waals surface area contributed by atoms with Crippen LogP contribution in [0.4, 0.5) is 22.7 Å². The third kappa shape index (κ3) is 14.0. The molecule has 4 aromatic carbocycles. The summed E-state index contributed by atoms with van der Waals surface area (Å²) in [5, 5.41) is 11.6. The molecule has 0 aromatic heterocycles. The van der Waals surface area contributed by atoms with Crippen LogP contribution >= 0.6 is 0 Å². The van der Waals surface area contributed by atoms with Gasteiger partial charge in [0, 0.05) is 48.4 Å². The molecule has 0 heterocycles. The highest BCUT2D eigenvalue weighted by Crippen LogP contribution is 2.17. The number of rotatable bonds is 19. The van der Waals surface area contributed by atoms with Crippen LogP contribution in [0.5, 0.6) is 0 Å². The molecular formula is C40H46N4O4. The Kier molecular flexibility index (Phi) is 14.9. The molecule has 250 valence electrons. The summed E-state index contributed by atoms with van der Waals surface area (Å²) in [5.74, 6) is -0.131. The average Bonchev–Trinajstić information content (AvgIpc) is 3.10. The first kappa shape index (κ1) is 35.6. The monoisotopic (exact) mass is 646 g/mol. The topological polar surface area (TPSA) is 116 Å². The molecule has 0 atom stereocenters. The zero-order valence-corrected chi connectivity index (χ0v) is 27.5. The third-order valence-electron chi connectivity index (χ3n) is 7.93. The van der Waals surface area contributed by atoms with E-state index in [1.54, 1.807) is 48.5 Å². The van der Waals surface area contributed by atoms with Gasteiger partial charge in [-0.15, -0.1) is 0 Å². The number of unbranched alkanes of at least 4 members (excludes halogenated alkanes) is 5. The van der Waals surface area contributed by atoms with E-state index in [0.29, 0.717) is 61.3 Å². The van der Waals surface area contributed by atoms with E-state index in [9.17, 15) is 19.2 Å². The summed E-state index contributed by atoms with van der Waals surface area (Å²) in [6.07, 6.45) is 8.69. The molecular weight excluding hydrogens is 600 g/mol. The molecule has 0 aliphatic carbocycles. The molecule has 0 fully saturated rings. The number of hydrogen-bond donors (Lipinski definition) is 4. The first-order valence-electron chi connectivity index (χ1n) is 16.9. The second-order valence-electron chi connectivity index (χ2n) is 11.9. The van der Waals surface area contributed by atoms with Crippen molar-refractivity contribution in [3.05, 3.63) is 120 Å². The summed E-state index contributed by atoms with van der Waals surface area (Å²) in [6, 6.07) is 34.2. The summed E-state index contributed by atoms with van der Waals surface area (Å²) in [6.45, 7) is 0. The van der Waals surface area contributed by atoms with Crippen LogP contribution in [-0.2, 0) is 32.0 Å². The van der Waals surface area contributed by atoms with E-state index in [1.165, 1.54) is 0 Å². The summed E-state index contributed by atoms with van der Waals surface area (Å²) in [7, 11) is 0. The van der Waals surface area contributed by atoms with Crippen LogP contribution in [0.2, 0.25) is 0 Å². The van der Waals surface area contributed by atoms with Gasteiger partial charge in [-0.1, -0.05) is 86.3 Å². The standard InChI is InChI=1S/C40H46N4O4/c45-37(41-33-21-25-35(26-22-33)43-39(47)29-19-31-13-7-5-8-14-31)17-11-3-1-2-4-12-18-38(46)42-34-23-27-36(28-24-34)44-40(48)30-20-32-15-9-6-10-16-32/h5-10,13-16,21-28H,1-4,11-12,17-20,29-30H2,(H,41,45)(H,42,46)(H,43,47)(H,44,48). The molecule has 4 amide bonds. The Morgan fingerprint density at radius 1 is 0.333 bits per heavy atom. The van der Waals surface area contributed by atoms with Crippen molar-refractivity contribution in [2.45, 2.75) is 77.0 Å². The van der Waals surface area contributed by atoms with Crippen LogP contribution in [0.1, 0.15) is 75.3 Å². The largest absolute Gasteiger partial charge is 0.326 e. The van der Waals surface area contributed by atoms with Gasteiger partial charge in [0.25, 0.3) is 0 Å². The lowest BCUT2D eigenvalue weighted by Gasteiger charge is -2.09. The van der Waals surface area contributed by atoms with E-state index in [2.05, 4.69) is 21.3 Å². The summed E-state index contributed by atoms with van der Waals surface area (Å²) in [5.41, 5.74) is 5.08. The maximum atomic E-state index is 12.4. The Morgan fingerprint density at radius 2 is 0.604 bits per heavy atom. The lowest BCUT2D eigenvalue weighted by Crippen LogP contribution is -2.13. The molecule has 4 rings (SSSR count). The molecule has 0 radical (unpaired) electrons. The van der Waals surface area contributed by atoms with Gasteiger partial charge >= 0.3 is 0 Å². The molecule has 0 aliphatic heterocycles. The fourth-order valence-electron chi connectivity index (χ4n) is 5.25.